The summed E-state index contributed by atoms with van der Waals surface area (Å²) in [7, 11) is 0. The third-order valence-electron chi connectivity index (χ3n) is 7.41. The van der Waals surface area contributed by atoms with Gasteiger partial charge in [-0.2, -0.15) is 0 Å². The number of carbonyl (C=O) groups excluding carboxylic acids is 1. The van der Waals surface area contributed by atoms with E-state index in [0.717, 1.165) is 12.8 Å². The molecule has 0 radical (unpaired) electrons. The number of carbonyl (C=O) groups is 1. The van der Waals surface area contributed by atoms with Gasteiger partial charge in [0.1, 0.15) is 28.4 Å². The molecule has 4 nitrogen and oxygen atoms in total. The molecular weight excluding hydrogens is 340 g/mol. The van der Waals surface area contributed by atoms with E-state index in [1.807, 2.05) is 6.07 Å². The minimum absolute atomic E-state index is 0.0237. The maximum Gasteiger partial charge on any atom is 0.200 e. The van der Waals surface area contributed by atoms with E-state index in [2.05, 4.69) is 20.8 Å². The van der Waals surface area contributed by atoms with Crippen LogP contribution in [0.25, 0.3) is 0 Å². The molecular formula is C23H24O4. The number of hydrogen-bond acceptors (Lipinski definition) is 4. The van der Waals surface area contributed by atoms with Gasteiger partial charge in [0, 0.05) is 29.0 Å². The molecule has 2 aromatic carbocycles. The second kappa shape index (κ2) is 5.06. The molecule has 2 aromatic rings. The normalized spacial score (nSPS) is 32.0. The number of aromatic hydroxyl groups is 2. The van der Waals surface area contributed by atoms with Gasteiger partial charge < -0.3 is 14.9 Å². The van der Waals surface area contributed by atoms with Gasteiger partial charge in [0.15, 0.2) is 0 Å². The average Bonchev–Trinajstić information content (AvgIpc) is 2.96. The number of rotatable bonds is 2. The van der Waals surface area contributed by atoms with Gasteiger partial charge in [0.25, 0.3) is 0 Å². The van der Waals surface area contributed by atoms with Crippen LogP contribution in [0.3, 0.4) is 0 Å². The maximum absolute atomic E-state index is 13.0. The zero-order valence-electron chi connectivity index (χ0n) is 15.8. The van der Waals surface area contributed by atoms with Crippen LogP contribution in [-0.2, 0) is 0 Å². The second-order valence-electron chi connectivity index (χ2n) is 9.11. The SMILES string of the molecule is CC1(C)[C@@H]2c3c(cc(O)c(C(=O)c4ccccc4)c3O)O[C@]3(C)CC[C@H]1[C@H]23. The maximum atomic E-state index is 13.0. The fourth-order valence-electron chi connectivity index (χ4n) is 6.12. The van der Waals surface area contributed by atoms with E-state index in [0.29, 0.717) is 28.7 Å². The first-order chi connectivity index (χ1) is 12.8. The van der Waals surface area contributed by atoms with Crippen molar-refractivity contribution in [1.29, 1.82) is 0 Å². The average molecular weight is 364 g/mol. The van der Waals surface area contributed by atoms with E-state index in [9.17, 15) is 15.0 Å². The van der Waals surface area contributed by atoms with Crippen LogP contribution in [0.5, 0.6) is 17.2 Å². The van der Waals surface area contributed by atoms with Crippen molar-refractivity contribution in [3.63, 3.8) is 0 Å². The first kappa shape index (κ1) is 16.7. The predicted molar refractivity (Wildman–Crippen MR) is 101 cm³/mol. The molecule has 1 aliphatic heterocycles. The molecule has 2 aliphatic carbocycles. The lowest BCUT2D eigenvalue weighted by Crippen LogP contribution is -2.59. The zero-order chi connectivity index (χ0) is 19.1. The van der Waals surface area contributed by atoms with Crippen LogP contribution in [0, 0.1) is 17.3 Å². The summed E-state index contributed by atoms with van der Waals surface area (Å²) in [5.41, 5.74) is 0.878. The van der Waals surface area contributed by atoms with E-state index in [4.69, 9.17) is 4.74 Å². The highest BCUT2D eigenvalue weighted by Gasteiger charge is 2.69. The number of fused-ring (bicyclic) bond motifs is 2. The summed E-state index contributed by atoms with van der Waals surface area (Å²) in [5, 5.41) is 21.7. The summed E-state index contributed by atoms with van der Waals surface area (Å²) >= 11 is 0. The lowest BCUT2D eigenvalue weighted by Gasteiger charge is -2.62. The van der Waals surface area contributed by atoms with Crippen LogP contribution in [0.4, 0.5) is 0 Å². The summed E-state index contributed by atoms with van der Waals surface area (Å²) < 4.78 is 6.31. The van der Waals surface area contributed by atoms with Gasteiger partial charge in [-0.1, -0.05) is 44.2 Å². The topological polar surface area (TPSA) is 66.8 Å². The molecule has 4 heteroatoms. The predicted octanol–water partition coefficient (Wildman–Crippen LogP) is 4.63. The van der Waals surface area contributed by atoms with Crippen LogP contribution < -0.4 is 4.74 Å². The molecule has 0 spiro atoms. The lowest BCUT2D eigenvalue weighted by atomic mass is 9.45. The van der Waals surface area contributed by atoms with Crippen LogP contribution in [0.15, 0.2) is 36.4 Å². The smallest absolute Gasteiger partial charge is 0.200 e. The molecule has 140 valence electrons. The fraction of sp³-hybridized carbons (Fsp3) is 0.435. The summed E-state index contributed by atoms with van der Waals surface area (Å²) in [4.78, 5) is 13.0. The number of phenolic OH excluding ortho intramolecular Hbond substituents is 2. The summed E-state index contributed by atoms with van der Waals surface area (Å²) in [5.74, 6) is 0.825. The first-order valence-electron chi connectivity index (χ1n) is 9.63. The summed E-state index contributed by atoms with van der Waals surface area (Å²) in [6.45, 7) is 6.62. The molecule has 0 saturated heterocycles. The van der Waals surface area contributed by atoms with E-state index in [1.54, 1.807) is 24.3 Å². The Labute approximate surface area is 158 Å². The Kier molecular flexibility index (Phi) is 3.12. The quantitative estimate of drug-likeness (QED) is 0.763. The third kappa shape index (κ3) is 1.96. The van der Waals surface area contributed by atoms with Gasteiger partial charge in [-0.05, 0) is 31.1 Å². The molecule has 0 unspecified atom stereocenters. The second-order valence-corrected chi connectivity index (χ2v) is 9.11. The molecule has 1 heterocycles. The highest BCUT2D eigenvalue weighted by atomic mass is 16.5. The number of hydrogen-bond donors (Lipinski definition) is 2. The number of benzene rings is 2. The van der Waals surface area contributed by atoms with Crippen molar-refractivity contribution in [2.75, 3.05) is 0 Å². The molecule has 5 rings (SSSR count). The van der Waals surface area contributed by atoms with E-state index < -0.39 is 0 Å². The van der Waals surface area contributed by atoms with Crippen molar-refractivity contribution < 1.29 is 19.7 Å². The van der Waals surface area contributed by atoms with Crippen molar-refractivity contribution in [2.24, 2.45) is 17.3 Å². The largest absolute Gasteiger partial charge is 0.507 e. The van der Waals surface area contributed by atoms with Crippen molar-refractivity contribution in [1.82, 2.24) is 0 Å². The molecule has 0 bridgehead atoms. The van der Waals surface area contributed by atoms with Crippen molar-refractivity contribution in [2.45, 2.75) is 45.1 Å². The molecule has 0 amide bonds. The Morgan fingerprint density at radius 2 is 1.85 bits per heavy atom. The minimum atomic E-state index is -0.373. The molecule has 3 aliphatic rings. The highest BCUT2D eigenvalue weighted by Crippen LogP contribution is 2.74. The summed E-state index contributed by atoms with van der Waals surface area (Å²) in [6, 6.07) is 10.3. The zero-order valence-corrected chi connectivity index (χ0v) is 15.8. The number of phenols is 2. The monoisotopic (exact) mass is 364 g/mol. The van der Waals surface area contributed by atoms with Crippen LogP contribution in [0.1, 0.15) is 61.0 Å². The molecule has 2 fully saturated rings. The fourth-order valence-corrected chi connectivity index (χ4v) is 6.12. The third-order valence-corrected chi connectivity index (χ3v) is 7.41. The van der Waals surface area contributed by atoms with E-state index in [-0.39, 0.29) is 39.8 Å². The Morgan fingerprint density at radius 1 is 1.15 bits per heavy atom. The first-order valence-corrected chi connectivity index (χ1v) is 9.63. The highest BCUT2D eigenvalue weighted by molar-refractivity contribution is 6.12. The van der Waals surface area contributed by atoms with Crippen molar-refractivity contribution in [3.05, 3.63) is 53.1 Å². The van der Waals surface area contributed by atoms with Gasteiger partial charge in [-0.15, -0.1) is 0 Å². The molecule has 27 heavy (non-hydrogen) atoms. The van der Waals surface area contributed by atoms with Crippen LogP contribution >= 0.6 is 0 Å². The number of ether oxygens (including phenoxy) is 1. The molecule has 4 atom stereocenters. The van der Waals surface area contributed by atoms with E-state index >= 15 is 0 Å². The van der Waals surface area contributed by atoms with Crippen molar-refractivity contribution in [3.8, 4) is 17.2 Å². The van der Waals surface area contributed by atoms with Gasteiger partial charge in [0.2, 0.25) is 5.78 Å². The molecule has 0 aromatic heterocycles. The van der Waals surface area contributed by atoms with Crippen LogP contribution in [-0.4, -0.2) is 21.6 Å². The number of ketones is 1. The Balaban J connectivity index is 1.70. The Morgan fingerprint density at radius 3 is 2.56 bits per heavy atom. The standard InChI is InChI=1S/C23H24O4/c1-22(2)13-9-10-23(3)18(13)19(22)17-15(27-23)11-14(24)16(21(17)26)20(25)12-7-5-4-6-8-12/h4-8,11,13,18-19,24,26H,9-10H2,1-3H3/t13-,18+,19+,23+/m0/s1. The lowest BCUT2D eigenvalue weighted by molar-refractivity contribution is -0.121. The van der Waals surface area contributed by atoms with Crippen molar-refractivity contribution >= 4 is 5.78 Å². The van der Waals surface area contributed by atoms with Gasteiger partial charge in [-0.25, -0.2) is 0 Å². The van der Waals surface area contributed by atoms with E-state index in [1.165, 1.54) is 6.07 Å². The van der Waals surface area contributed by atoms with Gasteiger partial charge in [-0.3, -0.25) is 4.79 Å². The van der Waals surface area contributed by atoms with Crippen LogP contribution in [0.2, 0.25) is 0 Å². The minimum Gasteiger partial charge on any atom is -0.507 e. The molecule has 2 N–H and O–H groups in total. The Bertz CT molecular complexity index is 962. The summed E-state index contributed by atoms with van der Waals surface area (Å²) in [6.07, 6.45) is 2.09. The Hall–Kier alpha value is -2.49. The van der Waals surface area contributed by atoms with Gasteiger partial charge >= 0.3 is 0 Å². The van der Waals surface area contributed by atoms with Gasteiger partial charge in [0.05, 0.1) is 0 Å². The molecule has 2 saturated carbocycles.